The largest absolute Gasteiger partial charge is 0.472 e. The van der Waals surface area contributed by atoms with Crippen LogP contribution in [0.15, 0.2) is 27.9 Å². The van der Waals surface area contributed by atoms with Gasteiger partial charge in [-0.2, -0.15) is 9.40 Å². The summed E-state index contributed by atoms with van der Waals surface area (Å²) < 4.78 is 34.4. The number of sulfonamides is 1. The summed E-state index contributed by atoms with van der Waals surface area (Å²) in [5.74, 6) is -0.143. The lowest BCUT2D eigenvalue weighted by atomic mass is 10.2. The second-order valence-corrected chi connectivity index (χ2v) is 8.62. The Hall–Kier alpha value is -2.13. The number of carbonyl (C=O) groups excluding carboxylic acids is 1. The minimum atomic E-state index is -3.65. The minimum absolute atomic E-state index is 0.0853. The fourth-order valence-electron chi connectivity index (χ4n) is 3.35. The molecule has 1 saturated heterocycles. The lowest BCUT2D eigenvalue weighted by Gasteiger charge is -2.33. The van der Waals surface area contributed by atoms with Crippen LogP contribution in [0.2, 0.25) is 0 Å². The Kier molecular flexibility index (Phi) is 4.94. The predicted molar refractivity (Wildman–Crippen MR) is 95.5 cm³/mol. The SMILES string of the molecule is Cc1nn(C(C)C)c(C)c1S(=O)(=O)N1CCN(C(=O)c2ccoc2)CC1. The molecule has 1 amide bonds. The van der Waals surface area contributed by atoms with Gasteiger partial charge < -0.3 is 9.32 Å². The summed E-state index contributed by atoms with van der Waals surface area (Å²) in [5, 5.41) is 4.38. The van der Waals surface area contributed by atoms with Gasteiger partial charge in [0.1, 0.15) is 11.2 Å². The first kappa shape index (κ1) is 18.7. The fourth-order valence-corrected chi connectivity index (χ4v) is 5.14. The van der Waals surface area contributed by atoms with Crippen molar-refractivity contribution in [1.29, 1.82) is 0 Å². The highest BCUT2D eigenvalue weighted by molar-refractivity contribution is 7.89. The van der Waals surface area contributed by atoms with Crippen LogP contribution in [0.5, 0.6) is 0 Å². The van der Waals surface area contributed by atoms with Gasteiger partial charge in [-0.15, -0.1) is 0 Å². The van der Waals surface area contributed by atoms with Gasteiger partial charge in [0.15, 0.2) is 0 Å². The molecule has 1 aliphatic rings. The lowest BCUT2D eigenvalue weighted by Crippen LogP contribution is -2.50. The van der Waals surface area contributed by atoms with Crippen molar-refractivity contribution in [1.82, 2.24) is 19.0 Å². The first-order valence-corrected chi connectivity index (χ1v) is 10.0. The van der Waals surface area contributed by atoms with E-state index in [1.165, 1.54) is 16.8 Å². The Morgan fingerprint density at radius 2 is 1.85 bits per heavy atom. The van der Waals surface area contributed by atoms with Gasteiger partial charge in [0.25, 0.3) is 5.91 Å². The fraction of sp³-hybridized carbons (Fsp3) is 0.529. The molecule has 26 heavy (non-hydrogen) atoms. The van der Waals surface area contributed by atoms with Gasteiger partial charge in [-0.1, -0.05) is 0 Å². The number of piperazine rings is 1. The van der Waals surface area contributed by atoms with Crippen molar-refractivity contribution in [3.63, 3.8) is 0 Å². The molecule has 0 radical (unpaired) electrons. The van der Waals surface area contributed by atoms with Crippen LogP contribution in [0.3, 0.4) is 0 Å². The zero-order chi connectivity index (χ0) is 19.1. The number of aryl methyl sites for hydroxylation is 1. The molecule has 0 spiro atoms. The molecule has 0 atom stereocenters. The molecule has 2 aromatic heterocycles. The van der Waals surface area contributed by atoms with Crippen molar-refractivity contribution in [3.8, 4) is 0 Å². The molecule has 0 unspecified atom stereocenters. The van der Waals surface area contributed by atoms with E-state index in [1.807, 2.05) is 13.8 Å². The Bertz CT molecular complexity index is 892. The number of hydrogen-bond acceptors (Lipinski definition) is 5. The van der Waals surface area contributed by atoms with Crippen LogP contribution in [-0.2, 0) is 10.0 Å². The Balaban J connectivity index is 1.78. The topological polar surface area (TPSA) is 88.7 Å². The minimum Gasteiger partial charge on any atom is -0.472 e. The van der Waals surface area contributed by atoms with Crippen LogP contribution in [0.1, 0.15) is 41.6 Å². The summed E-state index contributed by atoms with van der Waals surface area (Å²) in [6.45, 7) is 8.66. The van der Waals surface area contributed by atoms with Gasteiger partial charge in [-0.3, -0.25) is 9.48 Å². The van der Waals surface area contributed by atoms with Crippen molar-refractivity contribution >= 4 is 15.9 Å². The normalized spacial score (nSPS) is 16.4. The molecule has 0 aromatic carbocycles. The Morgan fingerprint density at radius 1 is 1.19 bits per heavy atom. The van der Waals surface area contributed by atoms with Gasteiger partial charge in [0, 0.05) is 32.2 Å². The molecule has 0 N–H and O–H groups in total. The molecule has 2 aromatic rings. The van der Waals surface area contributed by atoms with E-state index in [-0.39, 0.29) is 29.9 Å². The number of carbonyl (C=O) groups is 1. The summed E-state index contributed by atoms with van der Waals surface area (Å²) in [7, 11) is -3.65. The zero-order valence-corrected chi connectivity index (χ0v) is 16.3. The van der Waals surface area contributed by atoms with Crippen LogP contribution in [-0.4, -0.2) is 59.5 Å². The summed E-state index contributed by atoms with van der Waals surface area (Å²) in [4.78, 5) is 14.3. The van der Waals surface area contributed by atoms with Crippen LogP contribution in [0.25, 0.3) is 0 Å². The highest BCUT2D eigenvalue weighted by Gasteiger charge is 2.34. The summed E-state index contributed by atoms with van der Waals surface area (Å²) in [6, 6.07) is 1.69. The predicted octanol–water partition coefficient (Wildman–Crippen LogP) is 1.82. The third-order valence-corrected chi connectivity index (χ3v) is 6.79. The van der Waals surface area contributed by atoms with Crippen molar-refractivity contribution in [2.24, 2.45) is 0 Å². The maximum Gasteiger partial charge on any atom is 0.257 e. The van der Waals surface area contributed by atoms with Crippen LogP contribution in [0.4, 0.5) is 0 Å². The molecule has 8 nitrogen and oxygen atoms in total. The van der Waals surface area contributed by atoms with E-state index in [2.05, 4.69) is 5.10 Å². The first-order chi connectivity index (χ1) is 12.2. The van der Waals surface area contributed by atoms with Crippen molar-refractivity contribution in [2.75, 3.05) is 26.2 Å². The third kappa shape index (κ3) is 3.16. The Labute approximate surface area is 153 Å². The van der Waals surface area contributed by atoms with Gasteiger partial charge in [-0.05, 0) is 33.8 Å². The number of amides is 1. The molecular formula is C17H24N4O4S. The van der Waals surface area contributed by atoms with Gasteiger partial charge in [0.05, 0.1) is 23.2 Å². The van der Waals surface area contributed by atoms with E-state index in [9.17, 15) is 13.2 Å². The third-order valence-electron chi connectivity index (χ3n) is 4.64. The second kappa shape index (κ2) is 6.88. The standard InChI is InChI=1S/C17H24N4O4S/c1-12(2)21-14(4)16(13(3)18-21)26(23,24)20-8-6-19(7-9-20)17(22)15-5-10-25-11-15/h5,10-12H,6-9H2,1-4H3. The molecule has 0 saturated carbocycles. The average Bonchev–Trinajstić information content (AvgIpc) is 3.22. The molecule has 142 valence electrons. The van der Waals surface area contributed by atoms with E-state index in [1.54, 1.807) is 29.5 Å². The molecule has 1 fully saturated rings. The average molecular weight is 380 g/mol. The first-order valence-electron chi connectivity index (χ1n) is 8.60. The number of aromatic nitrogens is 2. The van der Waals surface area contributed by atoms with E-state index >= 15 is 0 Å². The lowest BCUT2D eigenvalue weighted by molar-refractivity contribution is 0.0697. The number of hydrogen-bond donors (Lipinski definition) is 0. The van der Waals surface area contributed by atoms with Crippen LogP contribution < -0.4 is 0 Å². The van der Waals surface area contributed by atoms with Crippen LogP contribution >= 0.6 is 0 Å². The van der Waals surface area contributed by atoms with E-state index < -0.39 is 10.0 Å². The number of furan rings is 1. The van der Waals surface area contributed by atoms with Crippen molar-refractivity contribution in [3.05, 3.63) is 35.5 Å². The molecule has 9 heteroatoms. The maximum absolute atomic E-state index is 13.1. The summed E-state index contributed by atoms with van der Waals surface area (Å²) in [5.41, 5.74) is 1.63. The number of rotatable bonds is 4. The summed E-state index contributed by atoms with van der Waals surface area (Å²) in [6.07, 6.45) is 2.85. The Morgan fingerprint density at radius 3 is 2.35 bits per heavy atom. The monoisotopic (exact) mass is 380 g/mol. The number of nitrogens with zero attached hydrogens (tertiary/aromatic N) is 4. The smallest absolute Gasteiger partial charge is 0.257 e. The van der Waals surface area contributed by atoms with Crippen molar-refractivity contribution < 1.29 is 17.6 Å². The second-order valence-electron chi connectivity index (χ2n) is 6.75. The molecule has 3 rings (SSSR count). The van der Waals surface area contributed by atoms with Gasteiger partial charge >= 0.3 is 0 Å². The molecule has 0 bridgehead atoms. The zero-order valence-electron chi connectivity index (χ0n) is 15.5. The molecular weight excluding hydrogens is 356 g/mol. The molecule has 3 heterocycles. The quantitative estimate of drug-likeness (QED) is 0.807. The van der Waals surface area contributed by atoms with E-state index in [0.29, 0.717) is 30.0 Å². The van der Waals surface area contributed by atoms with Gasteiger partial charge in [0.2, 0.25) is 10.0 Å². The van der Waals surface area contributed by atoms with Crippen molar-refractivity contribution in [2.45, 2.75) is 38.6 Å². The summed E-state index contributed by atoms with van der Waals surface area (Å²) >= 11 is 0. The molecule has 0 aliphatic carbocycles. The highest BCUT2D eigenvalue weighted by atomic mass is 32.2. The highest BCUT2D eigenvalue weighted by Crippen LogP contribution is 2.26. The van der Waals surface area contributed by atoms with Gasteiger partial charge in [-0.25, -0.2) is 8.42 Å². The van der Waals surface area contributed by atoms with E-state index in [4.69, 9.17) is 4.42 Å². The maximum atomic E-state index is 13.1. The van der Waals surface area contributed by atoms with Crippen LogP contribution in [0, 0.1) is 13.8 Å². The van der Waals surface area contributed by atoms with E-state index in [0.717, 1.165) is 0 Å². The molecule has 1 aliphatic heterocycles.